The van der Waals surface area contributed by atoms with Gasteiger partial charge in [-0.25, -0.2) is 4.98 Å². The first-order chi connectivity index (χ1) is 9.38. The van der Waals surface area contributed by atoms with Crippen molar-refractivity contribution >= 4 is 17.4 Å². The highest BCUT2D eigenvalue weighted by molar-refractivity contribution is 6.32. The molecule has 0 saturated heterocycles. The summed E-state index contributed by atoms with van der Waals surface area (Å²) >= 11 is 5.82. The van der Waals surface area contributed by atoms with E-state index in [1.807, 2.05) is 0 Å². The van der Waals surface area contributed by atoms with Gasteiger partial charge in [-0.3, -0.25) is 0 Å². The third kappa shape index (κ3) is 5.17. The summed E-state index contributed by atoms with van der Waals surface area (Å²) in [6, 6.07) is 0.884. The summed E-state index contributed by atoms with van der Waals surface area (Å²) in [6.07, 6.45) is -0.756. The van der Waals surface area contributed by atoms with Crippen LogP contribution in [0.2, 0.25) is 5.02 Å². The van der Waals surface area contributed by atoms with Gasteiger partial charge in [0.15, 0.2) is 0 Å². The molecule has 0 aliphatic heterocycles. The van der Waals surface area contributed by atoms with Crippen molar-refractivity contribution in [2.75, 3.05) is 18.4 Å². The molecule has 1 rings (SSSR count). The van der Waals surface area contributed by atoms with Gasteiger partial charge >= 0.3 is 6.18 Å². The third-order valence-corrected chi connectivity index (χ3v) is 3.29. The van der Waals surface area contributed by atoms with Gasteiger partial charge < -0.3 is 11.1 Å². The van der Waals surface area contributed by atoms with Gasteiger partial charge in [0.05, 0.1) is 10.6 Å². The first kappa shape index (κ1) is 17.0. The molecule has 3 nitrogen and oxygen atoms in total. The fourth-order valence-electron chi connectivity index (χ4n) is 1.96. The second kappa shape index (κ2) is 7.69. The molecule has 1 atom stereocenters. The molecule has 0 aromatic carbocycles. The maximum absolute atomic E-state index is 12.5. The Bertz CT molecular complexity index is 418. The van der Waals surface area contributed by atoms with Gasteiger partial charge in [0.2, 0.25) is 0 Å². The number of alkyl halides is 3. The number of nitrogens with one attached hydrogen (secondary N) is 1. The van der Waals surface area contributed by atoms with E-state index in [1.54, 1.807) is 0 Å². The molecule has 114 valence electrons. The van der Waals surface area contributed by atoms with E-state index in [-0.39, 0.29) is 10.8 Å². The Morgan fingerprint density at radius 1 is 1.40 bits per heavy atom. The zero-order valence-electron chi connectivity index (χ0n) is 11.3. The molecule has 7 heteroatoms. The normalized spacial score (nSPS) is 13.3. The predicted molar refractivity (Wildman–Crippen MR) is 74.8 cm³/mol. The quantitative estimate of drug-likeness (QED) is 0.802. The molecule has 1 aromatic rings. The van der Waals surface area contributed by atoms with Gasteiger partial charge in [0, 0.05) is 12.7 Å². The zero-order chi connectivity index (χ0) is 15.2. The molecule has 1 unspecified atom stereocenters. The number of halogens is 4. The van der Waals surface area contributed by atoms with Crippen LogP contribution in [0.3, 0.4) is 0 Å². The lowest BCUT2D eigenvalue weighted by atomic mass is 10.00. The van der Waals surface area contributed by atoms with Crippen molar-refractivity contribution in [1.82, 2.24) is 4.98 Å². The largest absolute Gasteiger partial charge is 0.417 e. The van der Waals surface area contributed by atoms with Crippen LogP contribution in [0.4, 0.5) is 19.0 Å². The number of aromatic nitrogens is 1. The Labute approximate surface area is 121 Å². The fraction of sp³-hybridized carbons (Fsp3) is 0.615. The summed E-state index contributed by atoms with van der Waals surface area (Å²) in [5.74, 6) is 0.642. The van der Waals surface area contributed by atoms with Crippen LogP contribution in [0.25, 0.3) is 0 Å². The van der Waals surface area contributed by atoms with Gasteiger partial charge in [-0.1, -0.05) is 24.9 Å². The van der Waals surface area contributed by atoms with E-state index in [2.05, 4.69) is 17.2 Å². The van der Waals surface area contributed by atoms with Crippen LogP contribution in [0.5, 0.6) is 0 Å². The molecular formula is C13H19ClF3N3. The minimum atomic E-state index is -4.43. The molecular weight excluding hydrogens is 291 g/mol. The highest BCUT2D eigenvalue weighted by Gasteiger charge is 2.31. The Kier molecular flexibility index (Phi) is 6.55. The number of pyridine rings is 1. The number of rotatable bonds is 7. The molecule has 1 aromatic heterocycles. The first-order valence-corrected chi connectivity index (χ1v) is 6.93. The van der Waals surface area contributed by atoms with E-state index < -0.39 is 11.7 Å². The van der Waals surface area contributed by atoms with E-state index in [4.69, 9.17) is 17.3 Å². The number of nitrogens with two attached hydrogens (primary N) is 1. The first-order valence-electron chi connectivity index (χ1n) is 6.55. The van der Waals surface area contributed by atoms with Gasteiger partial charge in [0.25, 0.3) is 0 Å². The molecule has 0 fully saturated rings. The third-order valence-electron chi connectivity index (χ3n) is 3.00. The average molecular weight is 310 g/mol. The highest BCUT2D eigenvalue weighted by Crippen LogP contribution is 2.32. The molecule has 0 spiro atoms. The van der Waals surface area contributed by atoms with Crippen molar-refractivity contribution in [3.05, 3.63) is 22.8 Å². The summed E-state index contributed by atoms with van der Waals surface area (Å²) in [4.78, 5) is 3.74. The van der Waals surface area contributed by atoms with Crippen LogP contribution in [0.1, 0.15) is 31.7 Å². The van der Waals surface area contributed by atoms with Crippen LogP contribution in [-0.2, 0) is 6.18 Å². The molecule has 0 aliphatic rings. The molecule has 0 radical (unpaired) electrons. The summed E-state index contributed by atoms with van der Waals surface area (Å²) in [5.41, 5.74) is 4.68. The smallest absolute Gasteiger partial charge is 0.369 e. The van der Waals surface area contributed by atoms with Crippen molar-refractivity contribution in [2.45, 2.75) is 32.4 Å². The van der Waals surface area contributed by atoms with Crippen molar-refractivity contribution in [3.8, 4) is 0 Å². The fourth-order valence-corrected chi connectivity index (χ4v) is 2.19. The van der Waals surface area contributed by atoms with Crippen molar-refractivity contribution in [1.29, 1.82) is 0 Å². The zero-order valence-corrected chi connectivity index (χ0v) is 12.1. The van der Waals surface area contributed by atoms with Crippen LogP contribution in [0.15, 0.2) is 12.3 Å². The second-order valence-corrected chi connectivity index (χ2v) is 5.07. The molecule has 0 bridgehead atoms. The SMILES string of the molecule is CCCC(CCN)CNc1ncc(C(F)(F)F)cc1Cl. The van der Waals surface area contributed by atoms with Gasteiger partial charge in [-0.15, -0.1) is 0 Å². The van der Waals surface area contributed by atoms with Gasteiger partial charge in [0.1, 0.15) is 5.82 Å². The van der Waals surface area contributed by atoms with E-state index in [0.29, 0.717) is 19.0 Å². The second-order valence-electron chi connectivity index (χ2n) is 4.67. The molecule has 1 heterocycles. The van der Waals surface area contributed by atoms with Gasteiger partial charge in [-0.2, -0.15) is 13.2 Å². The molecule has 0 saturated carbocycles. The Morgan fingerprint density at radius 3 is 2.60 bits per heavy atom. The van der Waals surface area contributed by atoms with E-state index >= 15 is 0 Å². The lowest BCUT2D eigenvalue weighted by Gasteiger charge is -2.17. The molecule has 0 amide bonds. The van der Waals surface area contributed by atoms with Crippen LogP contribution in [-0.4, -0.2) is 18.1 Å². The lowest BCUT2D eigenvalue weighted by molar-refractivity contribution is -0.137. The average Bonchev–Trinajstić information content (AvgIpc) is 2.36. The van der Waals surface area contributed by atoms with Crippen molar-refractivity contribution < 1.29 is 13.2 Å². The molecule has 3 N–H and O–H groups in total. The summed E-state index contributed by atoms with van der Waals surface area (Å²) in [5, 5.41) is 2.97. The predicted octanol–water partition coefficient (Wildman–Crippen LogP) is 3.93. The monoisotopic (exact) mass is 309 g/mol. The Morgan fingerprint density at radius 2 is 2.10 bits per heavy atom. The summed E-state index contributed by atoms with van der Waals surface area (Å²) < 4.78 is 37.4. The minimum absolute atomic E-state index is 0.0252. The number of hydrogen-bond acceptors (Lipinski definition) is 3. The van der Waals surface area contributed by atoms with Crippen LogP contribution in [0, 0.1) is 5.92 Å². The van der Waals surface area contributed by atoms with Crippen molar-refractivity contribution in [3.63, 3.8) is 0 Å². The molecule has 20 heavy (non-hydrogen) atoms. The maximum Gasteiger partial charge on any atom is 0.417 e. The van der Waals surface area contributed by atoms with E-state index in [1.165, 1.54) is 0 Å². The minimum Gasteiger partial charge on any atom is -0.369 e. The number of hydrogen-bond donors (Lipinski definition) is 2. The van der Waals surface area contributed by atoms with Crippen LogP contribution < -0.4 is 11.1 Å². The lowest BCUT2D eigenvalue weighted by Crippen LogP contribution is -2.19. The summed E-state index contributed by atoms with van der Waals surface area (Å²) in [7, 11) is 0. The standard InChI is InChI=1S/C13H19ClF3N3/c1-2-3-9(4-5-18)7-19-12-11(14)6-10(8-20-12)13(15,16)17/h6,8-9H,2-5,7,18H2,1H3,(H,19,20). The van der Waals surface area contributed by atoms with Gasteiger partial charge in [-0.05, 0) is 31.4 Å². The molecule has 0 aliphatic carbocycles. The highest BCUT2D eigenvalue weighted by atomic mass is 35.5. The topological polar surface area (TPSA) is 50.9 Å². The Balaban J connectivity index is 2.68. The summed E-state index contributed by atoms with van der Waals surface area (Å²) in [6.45, 7) is 3.26. The van der Waals surface area contributed by atoms with Crippen LogP contribution >= 0.6 is 11.6 Å². The number of nitrogens with zero attached hydrogens (tertiary/aromatic N) is 1. The van der Waals surface area contributed by atoms with E-state index in [9.17, 15) is 13.2 Å². The van der Waals surface area contributed by atoms with Crippen molar-refractivity contribution in [2.24, 2.45) is 11.7 Å². The number of anilines is 1. The Hall–Kier alpha value is -1.01. The van der Waals surface area contributed by atoms with E-state index in [0.717, 1.165) is 31.5 Å². The maximum atomic E-state index is 12.5.